The molecule has 0 spiro atoms. The highest BCUT2D eigenvalue weighted by atomic mass is 14.4. The summed E-state index contributed by atoms with van der Waals surface area (Å²) in [7, 11) is 0. The lowest BCUT2D eigenvalue weighted by atomic mass is 9.70. The molecule has 1 radical (unpaired) electrons. The first-order valence-electron chi connectivity index (χ1n) is 10.4. The number of hydrogen-bond acceptors (Lipinski definition) is 0. The summed E-state index contributed by atoms with van der Waals surface area (Å²) in [5.74, 6) is 0. The molecule has 1 aliphatic rings. The third-order valence-corrected chi connectivity index (χ3v) is 5.98. The van der Waals surface area contributed by atoms with Crippen molar-refractivity contribution in [3.8, 4) is 11.1 Å². The van der Waals surface area contributed by atoms with Gasteiger partial charge in [0.05, 0.1) is 0 Å². The third kappa shape index (κ3) is 3.68. The van der Waals surface area contributed by atoms with Crippen molar-refractivity contribution in [2.75, 3.05) is 0 Å². The fourth-order valence-corrected chi connectivity index (χ4v) is 4.68. The summed E-state index contributed by atoms with van der Waals surface area (Å²) < 4.78 is 0. The van der Waals surface area contributed by atoms with Crippen LogP contribution in [0.2, 0.25) is 0 Å². The molecule has 2 aromatic rings. The van der Waals surface area contributed by atoms with Crippen molar-refractivity contribution in [1.29, 1.82) is 0 Å². The molecule has 0 N–H and O–H groups in total. The molecule has 0 fully saturated rings. The van der Waals surface area contributed by atoms with Crippen molar-refractivity contribution < 1.29 is 0 Å². The minimum atomic E-state index is 0.203. The van der Waals surface area contributed by atoms with Crippen LogP contribution in [0.5, 0.6) is 0 Å². The van der Waals surface area contributed by atoms with Gasteiger partial charge in [0.2, 0.25) is 0 Å². The molecular formula is C25H33. The lowest BCUT2D eigenvalue weighted by molar-refractivity contribution is 0.400. The highest BCUT2D eigenvalue weighted by molar-refractivity contribution is 5.80. The molecule has 3 rings (SSSR count). The van der Waals surface area contributed by atoms with Crippen LogP contribution in [0.15, 0.2) is 42.5 Å². The van der Waals surface area contributed by atoms with Crippen LogP contribution >= 0.6 is 0 Å². The summed E-state index contributed by atoms with van der Waals surface area (Å²) in [5.41, 5.74) is 6.14. The zero-order chi connectivity index (χ0) is 17.5. The summed E-state index contributed by atoms with van der Waals surface area (Å²) in [4.78, 5) is 0. The molecule has 0 saturated carbocycles. The summed E-state index contributed by atoms with van der Waals surface area (Å²) >= 11 is 0. The second kappa shape index (κ2) is 8.70. The largest absolute Gasteiger partial charge is 0.0654 e. The SMILES string of the molecule is CCCCCCC1(CCCCCC)c2[c]cccc2-c2ccccc21. The number of rotatable bonds is 10. The van der Waals surface area contributed by atoms with Crippen molar-refractivity contribution in [3.05, 3.63) is 59.7 Å². The fraction of sp³-hybridized carbons (Fsp3) is 0.520. The summed E-state index contributed by atoms with van der Waals surface area (Å²) in [5, 5.41) is 0. The number of unbranched alkanes of at least 4 members (excludes halogenated alkanes) is 6. The molecular weight excluding hydrogens is 300 g/mol. The van der Waals surface area contributed by atoms with Crippen LogP contribution in [-0.4, -0.2) is 0 Å². The predicted molar refractivity (Wildman–Crippen MR) is 109 cm³/mol. The smallest absolute Gasteiger partial charge is 0.0221 e. The molecule has 0 heteroatoms. The van der Waals surface area contributed by atoms with E-state index in [2.05, 4.69) is 62.4 Å². The van der Waals surface area contributed by atoms with E-state index in [0.717, 1.165) is 0 Å². The van der Waals surface area contributed by atoms with Crippen LogP contribution in [0.4, 0.5) is 0 Å². The Balaban J connectivity index is 1.94. The molecule has 0 bridgehead atoms. The second-order valence-corrected chi connectivity index (χ2v) is 7.71. The molecule has 0 amide bonds. The van der Waals surface area contributed by atoms with Crippen LogP contribution in [0, 0.1) is 6.07 Å². The lowest BCUT2D eigenvalue weighted by Gasteiger charge is -2.32. The van der Waals surface area contributed by atoms with E-state index >= 15 is 0 Å². The van der Waals surface area contributed by atoms with Gasteiger partial charge in [-0.1, -0.05) is 108 Å². The van der Waals surface area contributed by atoms with Gasteiger partial charge in [-0.05, 0) is 41.2 Å². The van der Waals surface area contributed by atoms with Crippen molar-refractivity contribution in [3.63, 3.8) is 0 Å². The number of benzene rings is 2. The van der Waals surface area contributed by atoms with Gasteiger partial charge < -0.3 is 0 Å². The Morgan fingerprint density at radius 1 is 0.720 bits per heavy atom. The average Bonchev–Trinajstić information content (AvgIpc) is 2.94. The average molecular weight is 334 g/mol. The summed E-state index contributed by atoms with van der Waals surface area (Å²) in [6.45, 7) is 4.60. The zero-order valence-corrected chi connectivity index (χ0v) is 16.1. The normalized spacial score (nSPS) is 14.3. The van der Waals surface area contributed by atoms with Crippen LogP contribution in [0.3, 0.4) is 0 Å². The molecule has 133 valence electrons. The molecule has 0 saturated heterocycles. The molecule has 0 atom stereocenters. The maximum Gasteiger partial charge on any atom is 0.0221 e. The topological polar surface area (TPSA) is 0 Å². The van der Waals surface area contributed by atoms with Gasteiger partial charge >= 0.3 is 0 Å². The van der Waals surface area contributed by atoms with Gasteiger partial charge in [-0.25, -0.2) is 0 Å². The maximum atomic E-state index is 3.67. The van der Waals surface area contributed by atoms with Crippen molar-refractivity contribution in [1.82, 2.24) is 0 Å². The van der Waals surface area contributed by atoms with Crippen LogP contribution in [0.1, 0.15) is 89.2 Å². The monoisotopic (exact) mass is 333 g/mol. The minimum absolute atomic E-state index is 0.203. The van der Waals surface area contributed by atoms with Gasteiger partial charge in [0.1, 0.15) is 0 Å². The predicted octanol–water partition coefficient (Wildman–Crippen LogP) is 7.69. The molecule has 0 aromatic heterocycles. The van der Waals surface area contributed by atoms with Gasteiger partial charge in [0, 0.05) is 5.41 Å². The Labute approximate surface area is 154 Å². The second-order valence-electron chi connectivity index (χ2n) is 7.71. The van der Waals surface area contributed by atoms with Crippen LogP contribution < -0.4 is 0 Å². The molecule has 25 heavy (non-hydrogen) atoms. The van der Waals surface area contributed by atoms with E-state index < -0.39 is 0 Å². The Hall–Kier alpha value is -1.56. The Bertz CT molecular complexity index is 608. The Morgan fingerprint density at radius 3 is 2.04 bits per heavy atom. The third-order valence-electron chi connectivity index (χ3n) is 5.98. The molecule has 1 aliphatic carbocycles. The van der Waals surface area contributed by atoms with Gasteiger partial charge in [-0.3, -0.25) is 0 Å². The standard InChI is InChI=1S/C25H33/c1-3-5-7-13-19-25(20-14-8-6-4-2)23-17-11-9-15-21(23)22-16-10-12-18-24(22)25/h9-12,15-17H,3-8,13-14,19-20H2,1-2H3. The Morgan fingerprint density at radius 2 is 1.36 bits per heavy atom. The lowest BCUT2D eigenvalue weighted by Crippen LogP contribution is -2.25. The van der Waals surface area contributed by atoms with Gasteiger partial charge in [0.15, 0.2) is 0 Å². The molecule has 0 heterocycles. The molecule has 0 nitrogen and oxygen atoms in total. The minimum Gasteiger partial charge on any atom is -0.0654 e. The first-order valence-corrected chi connectivity index (χ1v) is 10.4. The van der Waals surface area contributed by atoms with Gasteiger partial charge in [-0.2, -0.15) is 0 Å². The number of hydrogen-bond donors (Lipinski definition) is 0. The van der Waals surface area contributed by atoms with E-state index in [1.807, 2.05) is 0 Å². The molecule has 0 unspecified atom stereocenters. The zero-order valence-electron chi connectivity index (χ0n) is 16.1. The van der Waals surface area contributed by atoms with Crippen molar-refractivity contribution in [2.45, 2.75) is 83.5 Å². The van der Waals surface area contributed by atoms with Gasteiger partial charge in [-0.15, -0.1) is 0 Å². The molecule has 0 aliphatic heterocycles. The Kier molecular flexibility index (Phi) is 6.34. The number of fused-ring (bicyclic) bond motifs is 3. The highest BCUT2D eigenvalue weighted by Gasteiger charge is 2.41. The summed E-state index contributed by atoms with van der Waals surface area (Å²) in [6, 6.07) is 19.4. The van der Waals surface area contributed by atoms with Crippen LogP contribution in [-0.2, 0) is 5.41 Å². The molecule has 2 aromatic carbocycles. The van der Waals surface area contributed by atoms with E-state index in [9.17, 15) is 0 Å². The van der Waals surface area contributed by atoms with E-state index in [0.29, 0.717) is 0 Å². The fourth-order valence-electron chi connectivity index (χ4n) is 4.68. The highest BCUT2D eigenvalue weighted by Crippen LogP contribution is 2.53. The first kappa shape index (κ1) is 18.2. The first-order chi connectivity index (χ1) is 12.3. The van der Waals surface area contributed by atoms with Crippen molar-refractivity contribution in [2.24, 2.45) is 0 Å². The van der Waals surface area contributed by atoms with E-state index in [1.54, 1.807) is 5.56 Å². The van der Waals surface area contributed by atoms with Gasteiger partial charge in [0.25, 0.3) is 0 Å². The maximum absolute atomic E-state index is 3.67. The van der Waals surface area contributed by atoms with Crippen molar-refractivity contribution >= 4 is 0 Å². The quantitative estimate of drug-likeness (QED) is 0.391. The summed E-state index contributed by atoms with van der Waals surface area (Å²) in [6.07, 6.45) is 13.3. The van der Waals surface area contributed by atoms with E-state index in [4.69, 9.17) is 0 Å². The van der Waals surface area contributed by atoms with E-state index in [1.165, 1.54) is 80.9 Å². The van der Waals surface area contributed by atoms with E-state index in [-0.39, 0.29) is 5.41 Å². The van der Waals surface area contributed by atoms with Crippen LogP contribution in [0.25, 0.3) is 11.1 Å².